The molecule has 1 N–H and O–H groups in total. The smallest absolute Gasteiger partial charge is 0.233 e. The molecule has 1 atom stereocenters. The van der Waals surface area contributed by atoms with Gasteiger partial charge in [-0.3, -0.25) is 4.79 Å². The van der Waals surface area contributed by atoms with Crippen LogP contribution in [0.3, 0.4) is 0 Å². The highest BCUT2D eigenvalue weighted by molar-refractivity contribution is 8.00. The summed E-state index contributed by atoms with van der Waals surface area (Å²) in [7, 11) is 0. The van der Waals surface area contributed by atoms with Crippen LogP contribution in [0.25, 0.3) is 22.5 Å². The highest BCUT2D eigenvalue weighted by atomic mass is 32.2. The molecule has 6 nitrogen and oxygen atoms in total. The molecule has 2 heterocycles. The minimum Gasteiger partial charge on any atom is -0.467 e. The Labute approximate surface area is 178 Å². The Morgan fingerprint density at radius 1 is 0.933 bits per heavy atom. The Bertz CT molecular complexity index is 1100. The molecule has 4 rings (SSSR count). The van der Waals surface area contributed by atoms with Gasteiger partial charge < -0.3 is 9.73 Å². The first-order chi connectivity index (χ1) is 14.7. The normalized spacial score (nSPS) is 11.8. The molecule has 2 aromatic heterocycles. The zero-order valence-corrected chi connectivity index (χ0v) is 17.2. The Kier molecular flexibility index (Phi) is 6.20. The highest BCUT2D eigenvalue weighted by Gasteiger charge is 2.19. The molecule has 7 heteroatoms. The third-order valence-electron chi connectivity index (χ3n) is 4.43. The lowest BCUT2D eigenvalue weighted by Crippen LogP contribution is -2.30. The summed E-state index contributed by atoms with van der Waals surface area (Å²) in [6.45, 7) is 2.16. The van der Waals surface area contributed by atoms with Crippen LogP contribution in [-0.2, 0) is 11.3 Å². The van der Waals surface area contributed by atoms with E-state index in [1.54, 1.807) is 12.3 Å². The summed E-state index contributed by atoms with van der Waals surface area (Å²) >= 11 is 1.27. The molecule has 0 aliphatic heterocycles. The largest absolute Gasteiger partial charge is 0.467 e. The first-order valence-electron chi connectivity index (χ1n) is 9.53. The molecule has 150 valence electrons. The molecular weight excluding hydrogens is 396 g/mol. The summed E-state index contributed by atoms with van der Waals surface area (Å²) in [6.07, 6.45) is 1.58. The van der Waals surface area contributed by atoms with Crippen molar-refractivity contribution in [3.8, 4) is 22.5 Å². The second-order valence-electron chi connectivity index (χ2n) is 6.58. The number of amides is 1. The molecule has 0 spiro atoms. The van der Waals surface area contributed by atoms with E-state index in [-0.39, 0.29) is 11.2 Å². The van der Waals surface area contributed by atoms with Crippen molar-refractivity contribution in [1.29, 1.82) is 0 Å². The van der Waals surface area contributed by atoms with E-state index in [2.05, 4.69) is 15.5 Å². The molecule has 0 saturated carbocycles. The molecule has 0 fully saturated rings. The quantitative estimate of drug-likeness (QED) is 0.444. The van der Waals surface area contributed by atoms with Crippen LogP contribution in [0.2, 0.25) is 0 Å². The van der Waals surface area contributed by atoms with Gasteiger partial charge in [0.05, 0.1) is 18.1 Å². The lowest BCUT2D eigenvalue weighted by Gasteiger charge is -2.12. The van der Waals surface area contributed by atoms with Crippen molar-refractivity contribution in [3.05, 3.63) is 84.8 Å². The van der Waals surface area contributed by atoms with E-state index in [0.717, 1.165) is 16.8 Å². The van der Waals surface area contributed by atoms with Crippen molar-refractivity contribution in [1.82, 2.24) is 20.5 Å². The van der Waals surface area contributed by atoms with Crippen LogP contribution in [0.5, 0.6) is 0 Å². The van der Waals surface area contributed by atoms with Gasteiger partial charge in [-0.05, 0) is 19.1 Å². The van der Waals surface area contributed by atoms with Gasteiger partial charge in [0, 0.05) is 11.1 Å². The molecule has 0 aliphatic rings. The maximum Gasteiger partial charge on any atom is 0.233 e. The topological polar surface area (TPSA) is 80.9 Å². The number of nitrogens with one attached hydrogen (secondary N) is 1. The van der Waals surface area contributed by atoms with E-state index in [0.29, 0.717) is 23.2 Å². The molecule has 1 unspecified atom stereocenters. The van der Waals surface area contributed by atoms with Gasteiger partial charge in [-0.2, -0.15) is 0 Å². The minimum atomic E-state index is -0.382. The molecule has 30 heavy (non-hydrogen) atoms. The minimum absolute atomic E-state index is 0.117. The first kappa shape index (κ1) is 19.8. The summed E-state index contributed by atoms with van der Waals surface area (Å²) in [5, 5.41) is 11.7. The second-order valence-corrected chi connectivity index (χ2v) is 7.89. The van der Waals surface area contributed by atoms with Crippen molar-refractivity contribution < 1.29 is 9.21 Å². The van der Waals surface area contributed by atoms with Crippen LogP contribution >= 0.6 is 11.8 Å². The van der Waals surface area contributed by atoms with E-state index in [9.17, 15) is 4.79 Å². The van der Waals surface area contributed by atoms with Gasteiger partial charge in [0.15, 0.2) is 0 Å². The summed E-state index contributed by atoms with van der Waals surface area (Å²) < 4.78 is 5.25. The van der Waals surface area contributed by atoms with E-state index in [4.69, 9.17) is 9.40 Å². The maximum atomic E-state index is 12.4. The number of thioether (sulfide) groups is 1. The Hall–Kier alpha value is -3.45. The van der Waals surface area contributed by atoms with Crippen LogP contribution in [0.15, 0.2) is 88.6 Å². The Morgan fingerprint density at radius 2 is 1.60 bits per heavy atom. The van der Waals surface area contributed by atoms with Crippen LogP contribution in [0.4, 0.5) is 0 Å². The van der Waals surface area contributed by atoms with Gasteiger partial charge in [-0.25, -0.2) is 4.98 Å². The zero-order valence-electron chi connectivity index (χ0n) is 16.4. The molecule has 0 aliphatic carbocycles. The Balaban J connectivity index is 1.56. The van der Waals surface area contributed by atoms with Crippen LogP contribution < -0.4 is 5.32 Å². The second kappa shape index (κ2) is 9.37. The predicted molar refractivity (Wildman–Crippen MR) is 117 cm³/mol. The van der Waals surface area contributed by atoms with E-state index in [1.165, 1.54) is 11.8 Å². The van der Waals surface area contributed by atoms with Crippen LogP contribution in [-0.4, -0.2) is 26.3 Å². The van der Waals surface area contributed by atoms with Crippen LogP contribution in [0, 0.1) is 0 Å². The van der Waals surface area contributed by atoms with Gasteiger partial charge in [0.25, 0.3) is 0 Å². The van der Waals surface area contributed by atoms with E-state index >= 15 is 0 Å². The van der Waals surface area contributed by atoms with E-state index < -0.39 is 0 Å². The third kappa shape index (κ3) is 4.75. The van der Waals surface area contributed by atoms with Gasteiger partial charge in [-0.1, -0.05) is 72.4 Å². The SMILES string of the molecule is CC(Sc1nnc(-c2ccccc2)c(-c2ccccc2)n1)C(=O)NCc1ccco1. The van der Waals surface area contributed by atoms with Crippen molar-refractivity contribution in [2.75, 3.05) is 0 Å². The summed E-state index contributed by atoms with van der Waals surface area (Å²) in [4.78, 5) is 17.2. The fourth-order valence-corrected chi connectivity index (χ4v) is 3.63. The molecule has 1 amide bonds. The maximum absolute atomic E-state index is 12.4. The monoisotopic (exact) mass is 416 g/mol. The number of rotatable bonds is 7. The number of carbonyl (C=O) groups is 1. The summed E-state index contributed by atoms with van der Waals surface area (Å²) in [6, 6.07) is 23.3. The lowest BCUT2D eigenvalue weighted by molar-refractivity contribution is -0.120. The molecule has 2 aromatic carbocycles. The average molecular weight is 417 g/mol. The number of carbonyl (C=O) groups excluding carboxylic acids is 1. The van der Waals surface area contributed by atoms with Crippen molar-refractivity contribution in [3.63, 3.8) is 0 Å². The fraction of sp³-hybridized carbons (Fsp3) is 0.130. The Morgan fingerprint density at radius 3 is 2.23 bits per heavy atom. The molecule has 0 saturated heterocycles. The number of nitrogens with zero attached hydrogens (tertiary/aromatic N) is 3. The third-order valence-corrected chi connectivity index (χ3v) is 5.38. The van der Waals surface area contributed by atoms with Crippen LogP contribution in [0.1, 0.15) is 12.7 Å². The number of aromatic nitrogens is 3. The van der Waals surface area contributed by atoms with Crippen molar-refractivity contribution in [2.45, 2.75) is 23.9 Å². The molecule has 0 radical (unpaired) electrons. The number of furan rings is 1. The zero-order chi connectivity index (χ0) is 20.8. The van der Waals surface area contributed by atoms with Crippen molar-refractivity contribution >= 4 is 17.7 Å². The first-order valence-corrected chi connectivity index (χ1v) is 10.4. The van der Waals surface area contributed by atoms with Gasteiger partial charge in [0.1, 0.15) is 17.1 Å². The summed E-state index contributed by atoms with van der Waals surface area (Å²) in [5.41, 5.74) is 3.34. The van der Waals surface area contributed by atoms with Gasteiger partial charge in [0.2, 0.25) is 11.1 Å². The number of hydrogen-bond donors (Lipinski definition) is 1. The van der Waals surface area contributed by atoms with Gasteiger partial charge >= 0.3 is 0 Å². The highest BCUT2D eigenvalue weighted by Crippen LogP contribution is 2.30. The fourth-order valence-electron chi connectivity index (χ4n) is 2.89. The average Bonchev–Trinajstić information content (AvgIpc) is 3.32. The summed E-state index contributed by atoms with van der Waals surface area (Å²) in [5.74, 6) is 0.588. The molecule has 4 aromatic rings. The number of benzene rings is 2. The predicted octanol–water partition coefficient (Wildman–Crippen LogP) is 4.60. The molecular formula is C23H20N4O2S. The lowest BCUT2D eigenvalue weighted by atomic mass is 10.0. The van der Waals surface area contributed by atoms with Gasteiger partial charge in [-0.15, -0.1) is 10.2 Å². The number of hydrogen-bond acceptors (Lipinski definition) is 6. The van der Waals surface area contributed by atoms with Crippen molar-refractivity contribution in [2.24, 2.45) is 0 Å². The van der Waals surface area contributed by atoms with E-state index in [1.807, 2.05) is 73.7 Å². The molecule has 0 bridgehead atoms. The standard InChI is InChI=1S/C23H20N4O2S/c1-16(22(28)24-15-19-13-8-14-29-19)30-23-25-20(17-9-4-2-5-10-17)21(26-27-23)18-11-6-3-7-12-18/h2-14,16H,15H2,1H3,(H,24,28).